The number of imide groups is 2. The molecule has 0 spiro atoms. The molecular formula is C29H21BrN2O4. The first-order valence-electron chi connectivity index (χ1n) is 11.3. The van der Waals surface area contributed by atoms with Crippen LogP contribution in [0.5, 0.6) is 5.75 Å². The number of aryl methyl sites for hydroxylation is 1. The smallest absolute Gasteiger partial charge is 0.335 e. The highest BCUT2D eigenvalue weighted by Gasteiger charge is 2.37. The number of ether oxygens (including phenoxy) is 1. The Labute approximate surface area is 216 Å². The molecule has 0 atom stereocenters. The highest BCUT2D eigenvalue weighted by atomic mass is 79.9. The minimum absolute atomic E-state index is 0.158. The van der Waals surface area contributed by atoms with Crippen LogP contribution in [0.4, 0.5) is 10.5 Å². The fraction of sp³-hybridized carbons (Fsp3) is 0.0690. The number of urea groups is 1. The van der Waals surface area contributed by atoms with Crippen molar-refractivity contribution in [2.75, 3.05) is 4.90 Å². The third-order valence-corrected chi connectivity index (χ3v) is 6.41. The molecule has 1 aliphatic rings. The Balaban J connectivity index is 1.58. The van der Waals surface area contributed by atoms with Crippen LogP contribution in [-0.2, 0) is 16.2 Å². The molecule has 0 aromatic heterocycles. The molecule has 0 unspecified atom stereocenters. The Morgan fingerprint density at radius 3 is 2.47 bits per heavy atom. The van der Waals surface area contributed by atoms with Crippen LogP contribution in [-0.4, -0.2) is 17.8 Å². The fourth-order valence-electron chi connectivity index (χ4n) is 4.14. The van der Waals surface area contributed by atoms with Crippen molar-refractivity contribution in [3.63, 3.8) is 0 Å². The minimum atomic E-state index is -0.793. The first kappa shape index (κ1) is 23.5. The summed E-state index contributed by atoms with van der Waals surface area (Å²) < 4.78 is 6.97. The van der Waals surface area contributed by atoms with Crippen LogP contribution in [0, 0.1) is 6.92 Å². The lowest BCUT2D eigenvalue weighted by Gasteiger charge is -2.26. The van der Waals surface area contributed by atoms with E-state index in [1.807, 2.05) is 67.6 Å². The van der Waals surface area contributed by atoms with Gasteiger partial charge in [-0.05, 0) is 59.7 Å². The molecule has 1 heterocycles. The summed E-state index contributed by atoms with van der Waals surface area (Å²) in [6, 6.07) is 25.3. The van der Waals surface area contributed by atoms with Gasteiger partial charge in [0.1, 0.15) is 17.9 Å². The summed E-state index contributed by atoms with van der Waals surface area (Å²) in [6.45, 7) is 2.33. The van der Waals surface area contributed by atoms with Gasteiger partial charge in [0, 0.05) is 10.0 Å². The van der Waals surface area contributed by atoms with Gasteiger partial charge in [-0.15, -0.1) is 0 Å². The Morgan fingerprint density at radius 1 is 0.917 bits per heavy atom. The number of nitrogens with one attached hydrogen (secondary N) is 1. The van der Waals surface area contributed by atoms with E-state index in [2.05, 4.69) is 21.2 Å². The van der Waals surface area contributed by atoms with E-state index in [1.165, 1.54) is 6.08 Å². The molecule has 4 amide bonds. The van der Waals surface area contributed by atoms with Gasteiger partial charge in [-0.25, -0.2) is 9.69 Å². The van der Waals surface area contributed by atoms with Crippen LogP contribution >= 0.6 is 15.9 Å². The first-order valence-corrected chi connectivity index (χ1v) is 12.1. The molecule has 0 bridgehead atoms. The third-order valence-electron chi connectivity index (χ3n) is 5.88. The second-order valence-corrected chi connectivity index (χ2v) is 9.33. The van der Waals surface area contributed by atoms with E-state index in [9.17, 15) is 14.4 Å². The predicted molar refractivity (Wildman–Crippen MR) is 143 cm³/mol. The van der Waals surface area contributed by atoms with E-state index in [0.29, 0.717) is 23.6 Å². The molecule has 178 valence electrons. The maximum absolute atomic E-state index is 13.4. The predicted octanol–water partition coefficient (Wildman–Crippen LogP) is 6.16. The fourth-order valence-corrected chi connectivity index (χ4v) is 4.40. The highest BCUT2D eigenvalue weighted by molar-refractivity contribution is 9.10. The SMILES string of the molecule is Cc1cccc(COc2ccc3ccccc3c2/C=C2\C(=O)NC(=O)N(c3ccc(Br)cc3)C2=O)c1. The lowest BCUT2D eigenvalue weighted by Crippen LogP contribution is -2.54. The quantitative estimate of drug-likeness (QED) is 0.243. The van der Waals surface area contributed by atoms with Gasteiger partial charge >= 0.3 is 6.03 Å². The number of halogens is 1. The number of amides is 4. The molecule has 5 rings (SSSR count). The standard InChI is InChI=1S/C29H21BrN2O4/c1-18-5-4-6-19(15-18)17-36-26-14-9-20-7-2-3-8-23(20)24(26)16-25-27(33)31-29(35)32(28(25)34)22-12-10-21(30)11-13-22/h2-16H,17H2,1H3,(H,31,33,35)/b25-16+. The summed E-state index contributed by atoms with van der Waals surface area (Å²) in [7, 11) is 0. The number of barbiturate groups is 1. The van der Waals surface area contributed by atoms with Crippen molar-refractivity contribution in [3.05, 3.63) is 112 Å². The summed E-state index contributed by atoms with van der Waals surface area (Å²) in [6.07, 6.45) is 1.50. The van der Waals surface area contributed by atoms with E-state index >= 15 is 0 Å². The number of nitrogens with zero attached hydrogens (tertiary/aromatic N) is 1. The average Bonchev–Trinajstić information content (AvgIpc) is 2.86. The zero-order valence-corrected chi connectivity index (χ0v) is 20.9. The number of rotatable bonds is 5. The molecule has 4 aromatic rings. The molecular weight excluding hydrogens is 520 g/mol. The third kappa shape index (κ3) is 4.65. The summed E-state index contributed by atoms with van der Waals surface area (Å²) >= 11 is 3.35. The van der Waals surface area contributed by atoms with Crippen LogP contribution in [0.1, 0.15) is 16.7 Å². The number of carbonyl (C=O) groups excluding carboxylic acids is 3. The normalized spacial score (nSPS) is 14.9. The molecule has 4 aromatic carbocycles. The highest BCUT2D eigenvalue weighted by Crippen LogP contribution is 2.32. The van der Waals surface area contributed by atoms with Gasteiger partial charge in [0.05, 0.1) is 5.69 Å². The van der Waals surface area contributed by atoms with Crippen molar-refractivity contribution in [2.45, 2.75) is 13.5 Å². The molecule has 1 aliphatic heterocycles. The number of anilines is 1. The molecule has 0 aliphatic carbocycles. The van der Waals surface area contributed by atoms with Crippen molar-refractivity contribution >= 4 is 56.3 Å². The molecule has 0 saturated carbocycles. The van der Waals surface area contributed by atoms with Gasteiger partial charge in [-0.2, -0.15) is 0 Å². The second kappa shape index (κ2) is 9.79. The second-order valence-electron chi connectivity index (χ2n) is 8.41. The molecule has 1 fully saturated rings. The summed E-state index contributed by atoms with van der Waals surface area (Å²) in [5.41, 5.74) is 2.91. The molecule has 36 heavy (non-hydrogen) atoms. The van der Waals surface area contributed by atoms with Crippen molar-refractivity contribution < 1.29 is 19.1 Å². The van der Waals surface area contributed by atoms with E-state index in [0.717, 1.165) is 31.3 Å². The maximum atomic E-state index is 13.4. The monoisotopic (exact) mass is 540 g/mol. The van der Waals surface area contributed by atoms with Crippen LogP contribution in [0.15, 0.2) is 95.0 Å². The van der Waals surface area contributed by atoms with E-state index in [4.69, 9.17) is 4.74 Å². The lowest BCUT2D eigenvalue weighted by molar-refractivity contribution is -0.122. The van der Waals surface area contributed by atoms with Gasteiger partial charge in [0.25, 0.3) is 11.8 Å². The largest absolute Gasteiger partial charge is 0.488 e. The Hall–Kier alpha value is -4.23. The van der Waals surface area contributed by atoms with Gasteiger partial charge in [0.15, 0.2) is 0 Å². The molecule has 7 heteroatoms. The first-order chi connectivity index (χ1) is 17.4. The minimum Gasteiger partial charge on any atom is -0.488 e. The number of hydrogen-bond donors (Lipinski definition) is 1. The zero-order chi connectivity index (χ0) is 25.2. The van der Waals surface area contributed by atoms with Gasteiger partial charge in [-0.3, -0.25) is 14.9 Å². The summed E-state index contributed by atoms with van der Waals surface area (Å²) in [4.78, 5) is 39.8. The van der Waals surface area contributed by atoms with Crippen molar-refractivity contribution in [2.24, 2.45) is 0 Å². The Morgan fingerprint density at radius 2 is 1.69 bits per heavy atom. The van der Waals surface area contributed by atoms with Crippen molar-refractivity contribution in [3.8, 4) is 5.75 Å². The molecule has 6 nitrogen and oxygen atoms in total. The van der Waals surface area contributed by atoms with E-state index in [1.54, 1.807) is 24.3 Å². The van der Waals surface area contributed by atoms with Crippen LogP contribution in [0.3, 0.4) is 0 Å². The van der Waals surface area contributed by atoms with Crippen molar-refractivity contribution in [1.82, 2.24) is 5.32 Å². The Bertz CT molecular complexity index is 1540. The van der Waals surface area contributed by atoms with Gasteiger partial charge in [-0.1, -0.05) is 76.1 Å². The van der Waals surface area contributed by atoms with E-state index < -0.39 is 17.8 Å². The van der Waals surface area contributed by atoms with Crippen LogP contribution in [0.2, 0.25) is 0 Å². The van der Waals surface area contributed by atoms with Gasteiger partial charge in [0.2, 0.25) is 0 Å². The van der Waals surface area contributed by atoms with Crippen LogP contribution in [0.25, 0.3) is 16.8 Å². The molecule has 1 N–H and O–H groups in total. The maximum Gasteiger partial charge on any atom is 0.335 e. The molecule has 0 radical (unpaired) electrons. The van der Waals surface area contributed by atoms with E-state index in [-0.39, 0.29) is 5.57 Å². The topological polar surface area (TPSA) is 75.7 Å². The zero-order valence-electron chi connectivity index (χ0n) is 19.3. The van der Waals surface area contributed by atoms with Crippen LogP contribution < -0.4 is 15.0 Å². The van der Waals surface area contributed by atoms with Gasteiger partial charge < -0.3 is 4.74 Å². The number of benzene rings is 4. The Kier molecular flexibility index (Phi) is 6.40. The number of carbonyl (C=O) groups is 3. The number of fused-ring (bicyclic) bond motifs is 1. The van der Waals surface area contributed by atoms with Crippen molar-refractivity contribution in [1.29, 1.82) is 0 Å². The summed E-state index contributed by atoms with van der Waals surface area (Å²) in [5.74, 6) is -0.935. The number of hydrogen-bond acceptors (Lipinski definition) is 4. The lowest BCUT2D eigenvalue weighted by atomic mass is 9.99. The molecule has 1 saturated heterocycles. The summed E-state index contributed by atoms with van der Waals surface area (Å²) in [5, 5.41) is 4.03. The average molecular weight is 541 g/mol.